The molecule has 15 heavy (non-hydrogen) atoms. The number of nitrogens with zero attached hydrogens (tertiary/aromatic N) is 2. The zero-order valence-electron chi connectivity index (χ0n) is 8.63. The van der Waals surface area contributed by atoms with Gasteiger partial charge in [0.05, 0.1) is 6.33 Å². The fourth-order valence-corrected chi connectivity index (χ4v) is 1.90. The van der Waals surface area contributed by atoms with Crippen LogP contribution in [0.3, 0.4) is 0 Å². The van der Waals surface area contributed by atoms with Gasteiger partial charge in [-0.25, -0.2) is 4.98 Å². The molecule has 0 saturated heterocycles. The molecule has 0 radical (unpaired) electrons. The molecule has 0 saturated carbocycles. The number of anilines is 1. The molecule has 0 aliphatic carbocycles. The summed E-state index contributed by atoms with van der Waals surface area (Å²) in [4.78, 5) is 20.0. The molecule has 6 heteroatoms. The van der Waals surface area contributed by atoms with Gasteiger partial charge in [0.15, 0.2) is 5.82 Å². The van der Waals surface area contributed by atoms with E-state index in [2.05, 4.69) is 25.9 Å². The molecule has 1 aromatic rings. The summed E-state index contributed by atoms with van der Waals surface area (Å²) < 4.78 is 0.448. The molecule has 4 nitrogen and oxygen atoms in total. The zero-order chi connectivity index (χ0) is 11.4. The van der Waals surface area contributed by atoms with Crippen molar-refractivity contribution in [1.82, 2.24) is 9.97 Å². The highest BCUT2D eigenvalue weighted by Crippen LogP contribution is 2.20. The van der Waals surface area contributed by atoms with E-state index in [9.17, 15) is 4.79 Å². The van der Waals surface area contributed by atoms with Crippen LogP contribution in [0.15, 0.2) is 15.6 Å². The minimum Gasteiger partial charge on any atom is -0.352 e. The Kier molecular flexibility index (Phi) is 4.60. The van der Waals surface area contributed by atoms with Crippen LogP contribution in [-0.2, 0) is 0 Å². The molecule has 0 aliphatic heterocycles. The largest absolute Gasteiger partial charge is 0.352 e. The number of hydrogen-bond donors (Lipinski definition) is 1. The Bertz CT molecular complexity index is 380. The first-order chi connectivity index (χ1) is 7.07. The Morgan fingerprint density at radius 2 is 2.33 bits per heavy atom. The maximum absolute atomic E-state index is 11.4. The highest BCUT2D eigenvalue weighted by molar-refractivity contribution is 9.10. The third-order valence-corrected chi connectivity index (χ3v) is 2.88. The number of alkyl halides is 1. The van der Waals surface area contributed by atoms with Crippen molar-refractivity contribution in [2.75, 3.05) is 17.3 Å². The van der Waals surface area contributed by atoms with Gasteiger partial charge >= 0.3 is 0 Å². The minimum atomic E-state index is -0.180. The van der Waals surface area contributed by atoms with Gasteiger partial charge in [-0.2, -0.15) is 0 Å². The maximum Gasteiger partial charge on any atom is 0.267 e. The molecule has 84 valence electrons. The van der Waals surface area contributed by atoms with Crippen LogP contribution in [0.25, 0.3) is 0 Å². The van der Waals surface area contributed by atoms with Gasteiger partial charge in [-0.3, -0.25) is 4.79 Å². The fraction of sp³-hybridized carbons (Fsp3) is 0.556. The van der Waals surface area contributed by atoms with Gasteiger partial charge in [0.25, 0.3) is 5.56 Å². The average molecular weight is 295 g/mol. The van der Waals surface area contributed by atoms with Gasteiger partial charge in [0, 0.05) is 18.5 Å². The Morgan fingerprint density at radius 3 is 2.87 bits per heavy atom. The molecule has 0 aromatic carbocycles. The summed E-state index contributed by atoms with van der Waals surface area (Å²) in [5.41, 5.74) is -0.180. The fourth-order valence-electron chi connectivity index (χ4n) is 1.27. The number of H-pyrrole nitrogens is 1. The summed E-state index contributed by atoms with van der Waals surface area (Å²) in [5, 5.41) is 0. The van der Waals surface area contributed by atoms with Crippen molar-refractivity contribution in [3.8, 4) is 0 Å². The van der Waals surface area contributed by atoms with E-state index in [1.54, 1.807) is 0 Å². The molecule has 0 atom stereocenters. The molecule has 0 spiro atoms. The first-order valence-electron chi connectivity index (χ1n) is 4.63. The van der Waals surface area contributed by atoms with Gasteiger partial charge in [-0.05, 0) is 29.8 Å². The lowest BCUT2D eigenvalue weighted by molar-refractivity contribution is 0.691. The van der Waals surface area contributed by atoms with E-state index in [1.807, 2.05) is 18.7 Å². The molecule has 0 amide bonds. The molecule has 1 aromatic heterocycles. The summed E-state index contributed by atoms with van der Waals surface area (Å²) in [7, 11) is 0. The Balaban J connectivity index is 3.11. The molecule has 0 bridgehead atoms. The van der Waals surface area contributed by atoms with Crippen LogP contribution in [0.4, 0.5) is 5.82 Å². The summed E-state index contributed by atoms with van der Waals surface area (Å²) in [5.74, 6) is 1.13. The van der Waals surface area contributed by atoms with Crippen LogP contribution in [0.5, 0.6) is 0 Å². The van der Waals surface area contributed by atoms with Crippen molar-refractivity contribution < 1.29 is 0 Å². The van der Waals surface area contributed by atoms with E-state index in [-0.39, 0.29) is 11.6 Å². The molecule has 0 fully saturated rings. The second kappa shape index (κ2) is 5.51. The molecule has 1 N–H and O–H groups in total. The molecule has 1 heterocycles. The maximum atomic E-state index is 11.4. The highest BCUT2D eigenvalue weighted by atomic mass is 79.9. The third kappa shape index (κ3) is 2.95. The predicted molar refractivity (Wildman–Crippen MR) is 65.8 cm³/mol. The lowest BCUT2D eigenvalue weighted by Crippen LogP contribution is -2.34. The molecular weight excluding hydrogens is 281 g/mol. The predicted octanol–water partition coefficient (Wildman–Crippen LogP) is 1.99. The Morgan fingerprint density at radius 1 is 1.67 bits per heavy atom. The van der Waals surface area contributed by atoms with Gasteiger partial charge in [0.2, 0.25) is 0 Å². The van der Waals surface area contributed by atoms with Crippen LogP contribution in [0.2, 0.25) is 0 Å². The van der Waals surface area contributed by atoms with Crippen molar-refractivity contribution in [1.29, 1.82) is 0 Å². The van der Waals surface area contributed by atoms with Crippen molar-refractivity contribution in [3.63, 3.8) is 0 Å². The van der Waals surface area contributed by atoms with Gasteiger partial charge in [-0.15, -0.1) is 11.6 Å². The molecule has 1 rings (SSSR count). The summed E-state index contributed by atoms with van der Waals surface area (Å²) in [6.07, 6.45) is 1.39. The van der Waals surface area contributed by atoms with E-state index in [0.717, 1.165) is 0 Å². The molecule has 0 aliphatic rings. The average Bonchev–Trinajstić information content (AvgIpc) is 2.19. The van der Waals surface area contributed by atoms with Crippen molar-refractivity contribution in [3.05, 3.63) is 21.2 Å². The quantitative estimate of drug-likeness (QED) is 0.864. The molecular formula is C9H13BrClN3O. The normalized spacial score (nSPS) is 10.7. The Labute approximate surface area is 102 Å². The van der Waals surface area contributed by atoms with Gasteiger partial charge < -0.3 is 9.88 Å². The van der Waals surface area contributed by atoms with E-state index in [1.165, 1.54) is 6.33 Å². The van der Waals surface area contributed by atoms with Crippen LogP contribution in [0, 0.1) is 0 Å². The number of halogens is 2. The summed E-state index contributed by atoms with van der Waals surface area (Å²) in [6, 6.07) is 0.245. The topological polar surface area (TPSA) is 49.0 Å². The number of nitrogens with one attached hydrogen (secondary N) is 1. The van der Waals surface area contributed by atoms with Gasteiger partial charge in [-0.1, -0.05) is 0 Å². The molecule has 0 unspecified atom stereocenters. The van der Waals surface area contributed by atoms with E-state index in [4.69, 9.17) is 11.6 Å². The standard InChI is InChI=1S/C9H13BrClN3O/c1-6(2)14(4-3-11)8-7(10)9(15)13-5-12-8/h5-6H,3-4H2,1-2H3,(H,12,13,15). The van der Waals surface area contributed by atoms with Crippen molar-refractivity contribution in [2.45, 2.75) is 19.9 Å². The monoisotopic (exact) mass is 293 g/mol. The van der Waals surface area contributed by atoms with E-state index < -0.39 is 0 Å². The third-order valence-electron chi connectivity index (χ3n) is 2.00. The minimum absolute atomic E-state index is 0.180. The zero-order valence-corrected chi connectivity index (χ0v) is 11.0. The van der Waals surface area contributed by atoms with E-state index in [0.29, 0.717) is 22.7 Å². The highest BCUT2D eigenvalue weighted by Gasteiger charge is 2.15. The van der Waals surface area contributed by atoms with Crippen LogP contribution in [-0.4, -0.2) is 28.4 Å². The van der Waals surface area contributed by atoms with Crippen molar-refractivity contribution >= 4 is 33.3 Å². The summed E-state index contributed by atoms with van der Waals surface area (Å²) in [6.45, 7) is 4.72. The number of hydrogen-bond acceptors (Lipinski definition) is 3. The van der Waals surface area contributed by atoms with Crippen molar-refractivity contribution in [2.24, 2.45) is 0 Å². The SMILES string of the molecule is CC(C)N(CCCl)c1nc[nH]c(=O)c1Br. The van der Waals surface area contributed by atoms with Crippen LogP contribution >= 0.6 is 27.5 Å². The number of aromatic nitrogens is 2. The lowest BCUT2D eigenvalue weighted by Gasteiger charge is -2.27. The first kappa shape index (κ1) is 12.5. The Hall–Kier alpha value is -0.550. The number of aromatic amines is 1. The second-order valence-corrected chi connectivity index (χ2v) is 4.52. The second-order valence-electron chi connectivity index (χ2n) is 3.35. The summed E-state index contributed by atoms with van der Waals surface area (Å²) >= 11 is 8.94. The lowest BCUT2D eigenvalue weighted by atomic mass is 10.3. The smallest absolute Gasteiger partial charge is 0.267 e. The van der Waals surface area contributed by atoms with E-state index >= 15 is 0 Å². The van der Waals surface area contributed by atoms with Crippen LogP contribution < -0.4 is 10.5 Å². The number of rotatable bonds is 4. The van der Waals surface area contributed by atoms with Crippen LogP contribution in [0.1, 0.15) is 13.8 Å². The van der Waals surface area contributed by atoms with Gasteiger partial charge in [0.1, 0.15) is 4.47 Å². The first-order valence-corrected chi connectivity index (χ1v) is 5.96.